The summed E-state index contributed by atoms with van der Waals surface area (Å²) in [6.45, 7) is 9.03. The zero-order valence-electron chi connectivity index (χ0n) is 31.7. The Morgan fingerprint density at radius 2 is 0.661 bits per heavy atom. The average molecular weight is 858 g/mol. The first-order valence-corrected chi connectivity index (χ1v) is 19.9. The van der Waals surface area contributed by atoms with Crippen LogP contribution in [0.4, 0.5) is 13.2 Å². The van der Waals surface area contributed by atoms with Gasteiger partial charge in [-0.3, -0.25) is 6.08 Å². The van der Waals surface area contributed by atoms with Crippen molar-refractivity contribution in [3.63, 3.8) is 0 Å². The minimum atomic E-state index is -2.97. The smallest absolute Gasteiger partial charge is 1.00 e. The molecule has 7 rings (SSSR count). The zero-order valence-corrected chi connectivity index (χ0v) is 36.6. The van der Waals surface area contributed by atoms with Crippen LogP contribution in [0.2, 0.25) is 5.04 Å². The maximum atomic E-state index is 13.7. The predicted octanol–water partition coefficient (Wildman–Crippen LogP) is 1.22. The fraction of sp³-hybridized carbons (Fsp3) is 0.167. The van der Waals surface area contributed by atoms with E-state index in [2.05, 4.69) is 107 Å². The Balaban J connectivity index is 0.00000210. The summed E-state index contributed by atoms with van der Waals surface area (Å²) < 4.78 is 41.0. The van der Waals surface area contributed by atoms with Crippen LogP contribution in [-0.2, 0) is 41.0 Å². The van der Waals surface area contributed by atoms with Gasteiger partial charge in [-0.2, -0.15) is 11.1 Å². The third-order valence-corrected chi connectivity index (χ3v) is 16.8. The van der Waals surface area contributed by atoms with Crippen molar-refractivity contribution in [1.82, 2.24) is 0 Å². The van der Waals surface area contributed by atoms with E-state index < -0.39 is 13.1 Å². The molecule has 56 heavy (non-hydrogen) atoms. The van der Waals surface area contributed by atoms with Crippen molar-refractivity contribution >= 4 is 23.6 Å². The molecule has 6 aromatic rings. The SMILES string of the molecule is CC1=[C-]C(C)([Si](c2ccc(Cc3ccc(F)cc3)cc2)(c2ccc(Cc3ccc(F)cc3)cc2)c2ccc(Cc3ccc(F)cc3)cc2)C(C)=C1C.[Cl-].[Cl-].[Cl-].[Ti+4]. The van der Waals surface area contributed by atoms with Gasteiger partial charge in [0.2, 0.25) is 0 Å². The van der Waals surface area contributed by atoms with E-state index in [0.717, 1.165) is 16.7 Å². The number of halogens is 6. The van der Waals surface area contributed by atoms with Gasteiger partial charge in [-0.15, -0.1) is 6.92 Å². The van der Waals surface area contributed by atoms with Gasteiger partial charge in [0.05, 0.1) is 0 Å². The van der Waals surface area contributed by atoms with Crippen molar-refractivity contribution in [2.45, 2.75) is 52.0 Å². The summed E-state index contributed by atoms with van der Waals surface area (Å²) in [7, 11) is -2.97. The molecule has 0 heterocycles. The first-order valence-electron chi connectivity index (χ1n) is 17.9. The second-order valence-electron chi connectivity index (χ2n) is 14.4. The molecular formula is C48H42Cl3F3SiTi. The molecule has 1 aliphatic carbocycles. The van der Waals surface area contributed by atoms with Gasteiger partial charge in [0.25, 0.3) is 0 Å². The van der Waals surface area contributed by atoms with Crippen LogP contribution in [-0.4, -0.2) is 8.07 Å². The third kappa shape index (κ3) is 9.39. The van der Waals surface area contributed by atoms with E-state index in [1.54, 1.807) is 0 Å². The number of rotatable bonds is 10. The first-order chi connectivity index (χ1) is 25.0. The molecule has 0 N–H and O–H groups in total. The molecule has 0 saturated carbocycles. The number of hydrogen-bond donors (Lipinski definition) is 0. The Morgan fingerprint density at radius 3 is 0.875 bits per heavy atom. The molecule has 1 aliphatic rings. The fourth-order valence-corrected chi connectivity index (χ4v) is 13.9. The van der Waals surface area contributed by atoms with E-state index >= 15 is 0 Å². The van der Waals surface area contributed by atoms with Gasteiger partial charge in [-0.1, -0.05) is 135 Å². The van der Waals surface area contributed by atoms with Crippen LogP contribution < -0.4 is 52.8 Å². The van der Waals surface area contributed by atoms with Gasteiger partial charge in [0.15, 0.2) is 0 Å². The van der Waals surface area contributed by atoms with Crippen LogP contribution in [0, 0.1) is 23.5 Å². The van der Waals surface area contributed by atoms with Gasteiger partial charge in [-0.05, 0) is 105 Å². The Hall–Kier alpha value is -3.61. The molecule has 0 bridgehead atoms. The van der Waals surface area contributed by atoms with Crippen molar-refractivity contribution in [3.8, 4) is 0 Å². The summed E-state index contributed by atoms with van der Waals surface area (Å²) in [5.41, 5.74) is 10.5. The molecule has 284 valence electrons. The fourth-order valence-electron chi connectivity index (χ4n) is 8.09. The quantitative estimate of drug-likeness (QED) is 0.111. The molecule has 0 spiro atoms. The van der Waals surface area contributed by atoms with Crippen LogP contribution in [0.1, 0.15) is 61.1 Å². The van der Waals surface area contributed by atoms with Gasteiger partial charge in [0.1, 0.15) is 25.5 Å². The maximum absolute atomic E-state index is 13.7. The van der Waals surface area contributed by atoms with E-state index in [-0.39, 0.29) is 76.4 Å². The molecule has 0 saturated heterocycles. The van der Waals surface area contributed by atoms with Crippen molar-refractivity contribution in [1.29, 1.82) is 0 Å². The van der Waals surface area contributed by atoms with Gasteiger partial charge >= 0.3 is 21.7 Å². The second-order valence-corrected chi connectivity index (χ2v) is 18.6. The van der Waals surface area contributed by atoms with E-state index in [9.17, 15) is 13.2 Å². The summed E-state index contributed by atoms with van der Waals surface area (Å²) in [6.07, 6.45) is 6.19. The van der Waals surface area contributed by atoms with E-state index in [1.165, 1.54) is 85.4 Å². The van der Waals surface area contributed by atoms with Crippen LogP contribution in [0.3, 0.4) is 0 Å². The Kier molecular flexibility index (Phi) is 16.5. The Morgan fingerprint density at radius 1 is 0.429 bits per heavy atom. The maximum Gasteiger partial charge on any atom is 4.00 e. The number of allylic oxidation sites excluding steroid dienone is 4. The van der Waals surface area contributed by atoms with E-state index in [1.807, 2.05) is 36.4 Å². The molecule has 0 aliphatic heterocycles. The standard InChI is InChI=1S/C48H42F3Si.3ClH.Ti/c1-33-32-48(4,35(3)34(33)2)52(45-23-11-39(12-24-45)29-36-5-17-42(49)18-6-36,46-25-13-40(14-26-46)30-37-7-19-43(50)20-8-37)47-27-15-41(16-28-47)31-38-9-21-44(51)22-10-38;;;;/h5-28H,29-31H2,1-4H3;3*1H;/q-1;;;;+4/p-3. The Labute approximate surface area is 364 Å². The monoisotopic (exact) mass is 856 g/mol. The van der Waals surface area contributed by atoms with E-state index in [0.29, 0.717) is 19.3 Å². The molecule has 1 unspecified atom stereocenters. The molecule has 0 radical (unpaired) electrons. The van der Waals surface area contributed by atoms with Gasteiger partial charge in [-0.25, -0.2) is 18.7 Å². The minimum absolute atomic E-state index is 0. The predicted molar refractivity (Wildman–Crippen MR) is 211 cm³/mol. The largest absolute Gasteiger partial charge is 4.00 e. The van der Waals surface area contributed by atoms with Crippen molar-refractivity contribution in [2.75, 3.05) is 0 Å². The summed E-state index contributed by atoms with van der Waals surface area (Å²) in [4.78, 5) is 0. The molecule has 6 aromatic carbocycles. The first kappa shape index (κ1) is 46.8. The van der Waals surface area contributed by atoms with Crippen LogP contribution in [0.5, 0.6) is 0 Å². The second kappa shape index (κ2) is 19.7. The molecule has 0 amide bonds. The zero-order chi connectivity index (χ0) is 36.5. The molecule has 8 heteroatoms. The van der Waals surface area contributed by atoms with Crippen molar-refractivity contribution in [2.24, 2.45) is 0 Å². The van der Waals surface area contributed by atoms with Crippen molar-refractivity contribution in [3.05, 3.63) is 219 Å². The van der Waals surface area contributed by atoms with Gasteiger partial charge in [0, 0.05) is 0 Å². The minimum Gasteiger partial charge on any atom is -1.00 e. The molecular weight excluding hydrogens is 816 g/mol. The average Bonchev–Trinajstić information content (AvgIpc) is 3.35. The number of benzene rings is 6. The third-order valence-electron chi connectivity index (χ3n) is 11.2. The van der Waals surface area contributed by atoms with Crippen LogP contribution in [0.15, 0.2) is 162 Å². The number of hydrogen-bond acceptors (Lipinski definition) is 0. The van der Waals surface area contributed by atoms with Crippen LogP contribution in [0.25, 0.3) is 0 Å². The topological polar surface area (TPSA) is 0 Å². The normalized spacial score (nSPS) is 14.8. The molecule has 0 nitrogen and oxygen atoms in total. The van der Waals surface area contributed by atoms with E-state index in [4.69, 9.17) is 0 Å². The van der Waals surface area contributed by atoms with Crippen molar-refractivity contribution < 1.29 is 72.1 Å². The summed E-state index contributed by atoms with van der Waals surface area (Å²) in [5, 5.41) is 3.44. The summed E-state index contributed by atoms with van der Waals surface area (Å²) in [5.74, 6) is -0.693. The van der Waals surface area contributed by atoms with Crippen LogP contribution >= 0.6 is 0 Å². The Bertz CT molecular complexity index is 2030. The summed E-state index contributed by atoms with van der Waals surface area (Å²) in [6, 6.07) is 47.5. The molecule has 1 atom stereocenters. The molecule has 0 fully saturated rings. The molecule has 0 aromatic heterocycles. The summed E-state index contributed by atoms with van der Waals surface area (Å²) >= 11 is 0. The van der Waals surface area contributed by atoms with Gasteiger partial charge < -0.3 is 37.2 Å².